The zero-order valence-corrected chi connectivity index (χ0v) is 17.4. The van der Waals surface area contributed by atoms with Crippen molar-refractivity contribution in [1.29, 1.82) is 0 Å². The van der Waals surface area contributed by atoms with Gasteiger partial charge in [0.25, 0.3) is 0 Å². The number of anilines is 1. The number of hydrogen-bond donors (Lipinski definition) is 2. The summed E-state index contributed by atoms with van der Waals surface area (Å²) in [6, 6.07) is 13.7. The van der Waals surface area contributed by atoms with Crippen molar-refractivity contribution in [3.05, 3.63) is 48.5 Å². The molecule has 0 aliphatic heterocycles. The maximum atomic E-state index is 12.6. The monoisotopic (exact) mass is 408 g/mol. The summed E-state index contributed by atoms with van der Waals surface area (Å²) in [7, 11) is -2.21. The lowest BCUT2D eigenvalue weighted by Crippen LogP contribution is -2.30. The Morgan fingerprint density at radius 2 is 1.74 bits per heavy atom. The van der Waals surface area contributed by atoms with Gasteiger partial charge in [0.1, 0.15) is 5.75 Å². The Morgan fingerprint density at radius 3 is 2.33 bits per heavy atom. The second kappa shape index (κ2) is 9.25. The highest BCUT2D eigenvalue weighted by atomic mass is 32.2. The smallest absolute Gasteiger partial charge is 0.240 e. The van der Waals surface area contributed by atoms with Crippen LogP contribution in [0.4, 0.5) is 5.69 Å². The predicted molar refractivity (Wildman–Crippen MR) is 109 cm³/mol. The van der Waals surface area contributed by atoms with Crippen LogP contribution in [-0.4, -0.2) is 32.7 Å². The summed E-state index contributed by atoms with van der Waals surface area (Å²) in [5.74, 6) is 0.150. The highest BCUT2D eigenvalue weighted by Gasteiger charge is 2.20. The fourth-order valence-corrected chi connectivity index (χ4v) is 4.49. The standard InChI is InChI=1S/C19H24N2O4S2/c1-13(2)21-27(23,24)16-10-11-18(25-4)17(12-16)20-19(22)14(3)26-15-8-6-5-7-9-15/h5-14,21H,1-4H3,(H,20,22)/t14-/m1/s1. The number of sulfonamides is 1. The molecule has 0 aliphatic carbocycles. The second-order valence-corrected chi connectivity index (χ2v) is 9.33. The first-order valence-electron chi connectivity index (χ1n) is 8.46. The zero-order valence-electron chi connectivity index (χ0n) is 15.7. The minimum atomic E-state index is -3.67. The zero-order chi connectivity index (χ0) is 20.0. The van der Waals surface area contributed by atoms with Crippen molar-refractivity contribution >= 4 is 33.4 Å². The van der Waals surface area contributed by atoms with Gasteiger partial charge in [-0.3, -0.25) is 4.79 Å². The van der Waals surface area contributed by atoms with Gasteiger partial charge in [-0.15, -0.1) is 11.8 Å². The van der Waals surface area contributed by atoms with Crippen LogP contribution in [0.3, 0.4) is 0 Å². The number of ether oxygens (including phenoxy) is 1. The number of nitrogens with one attached hydrogen (secondary N) is 2. The van der Waals surface area contributed by atoms with Gasteiger partial charge in [0, 0.05) is 10.9 Å². The maximum absolute atomic E-state index is 12.6. The number of methoxy groups -OCH3 is 1. The number of rotatable bonds is 8. The van der Waals surface area contributed by atoms with E-state index in [0.717, 1.165) is 4.90 Å². The van der Waals surface area contributed by atoms with Crippen LogP contribution in [0.25, 0.3) is 0 Å². The van der Waals surface area contributed by atoms with Gasteiger partial charge in [-0.2, -0.15) is 0 Å². The molecule has 0 aromatic heterocycles. The van der Waals surface area contributed by atoms with E-state index in [0.29, 0.717) is 11.4 Å². The normalized spacial score (nSPS) is 12.6. The molecule has 0 aliphatic rings. The number of carbonyl (C=O) groups excluding carboxylic acids is 1. The van der Waals surface area contributed by atoms with Gasteiger partial charge in [0.2, 0.25) is 15.9 Å². The van der Waals surface area contributed by atoms with E-state index < -0.39 is 10.0 Å². The molecule has 6 nitrogen and oxygen atoms in total. The maximum Gasteiger partial charge on any atom is 0.240 e. The molecule has 2 aromatic carbocycles. The molecule has 0 fully saturated rings. The van der Waals surface area contributed by atoms with E-state index in [1.54, 1.807) is 20.8 Å². The summed E-state index contributed by atoms with van der Waals surface area (Å²) in [6.45, 7) is 5.28. The number of thioether (sulfide) groups is 1. The second-order valence-electron chi connectivity index (χ2n) is 6.20. The van der Waals surface area contributed by atoms with Crippen molar-refractivity contribution in [2.75, 3.05) is 12.4 Å². The molecule has 0 saturated carbocycles. The topological polar surface area (TPSA) is 84.5 Å². The molecule has 0 heterocycles. The average Bonchev–Trinajstić information content (AvgIpc) is 2.61. The molecular formula is C19H24N2O4S2. The van der Waals surface area contributed by atoms with Gasteiger partial charge < -0.3 is 10.1 Å². The molecule has 1 atom stereocenters. The summed E-state index contributed by atoms with van der Waals surface area (Å²) in [6.07, 6.45) is 0. The quantitative estimate of drug-likeness (QED) is 0.653. The van der Waals surface area contributed by atoms with Gasteiger partial charge >= 0.3 is 0 Å². The molecular weight excluding hydrogens is 384 g/mol. The van der Waals surface area contributed by atoms with Crippen molar-refractivity contribution in [1.82, 2.24) is 4.72 Å². The van der Waals surface area contributed by atoms with Gasteiger partial charge in [0.05, 0.1) is 22.9 Å². The molecule has 1 amide bonds. The van der Waals surface area contributed by atoms with Crippen LogP contribution in [0.1, 0.15) is 20.8 Å². The largest absolute Gasteiger partial charge is 0.495 e. The van der Waals surface area contributed by atoms with E-state index in [2.05, 4.69) is 10.0 Å². The summed E-state index contributed by atoms with van der Waals surface area (Å²) in [5.41, 5.74) is 0.314. The third-order valence-corrected chi connectivity index (χ3v) is 6.32. The molecule has 0 bridgehead atoms. The molecule has 27 heavy (non-hydrogen) atoms. The first kappa shape index (κ1) is 21.3. The van der Waals surface area contributed by atoms with E-state index in [1.807, 2.05) is 30.3 Å². The van der Waals surface area contributed by atoms with Gasteiger partial charge in [0.15, 0.2) is 0 Å². The van der Waals surface area contributed by atoms with Crippen molar-refractivity contribution in [3.8, 4) is 5.75 Å². The molecule has 2 rings (SSSR count). The van der Waals surface area contributed by atoms with Crippen molar-refractivity contribution < 1.29 is 17.9 Å². The van der Waals surface area contributed by atoms with Crippen LogP contribution in [0.15, 0.2) is 58.3 Å². The SMILES string of the molecule is COc1ccc(S(=O)(=O)NC(C)C)cc1NC(=O)[C@@H](C)Sc1ccccc1. The first-order valence-corrected chi connectivity index (χ1v) is 10.8. The van der Waals surface area contributed by atoms with Crippen molar-refractivity contribution in [3.63, 3.8) is 0 Å². The van der Waals surface area contributed by atoms with Gasteiger partial charge in [-0.25, -0.2) is 13.1 Å². The number of amides is 1. The van der Waals surface area contributed by atoms with Crippen LogP contribution in [-0.2, 0) is 14.8 Å². The van der Waals surface area contributed by atoms with E-state index in [9.17, 15) is 13.2 Å². The van der Waals surface area contributed by atoms with Crippen LogP contribution >= 0.6 is 11.8 Å². The van der Waals surface area contributed by atoms with E-state index in [-0.39, 0.29) is 22.1 Å². The van der Waals surface area contributed by atoms with Crippen LogP contribution < -0.4 is 14.8 Å². The highest BCUT2D eigenvalue weighted by molar-refractivity contribution is 8.00. The average molecular weight is 409 g/mol. The minimum Gasteiger partial charge on any atom is -0.495 e. The molecule has 146 valence electrons. The number of benzene rings is 2. The fourth-order valence-electron chi connectivity index (χ4n) is 2.32. The van der Waals surface area contributed by atoms with Gasteiger partial charge in [-0.1, -0.05) is 18.2 Å². The lowest BCUT2D eigenvalue weighted by atomic mass is 10.3. The van der Waals surface area contributed by atoms with Crippen LogP contribution in [0.2, 0.25) is 0 Å². The molecule has 0 saturated heterocycles. The highest BCUT2D eigenvalue weighted by Crippen LogP contribution is 2.29. The third-order valence-electron chi connectivity index (χ3n) is 3.56. The molecule has 2 N–H and O–H groups in total. The Labute approximate surface area is 164 Å². The Morgan fingerprint density at radius 1 is 1.07 bits per heavy atom. The molecule has 0 spiro atoms. The van der Waals surface area contributed by atoms with Crippen LogP contribution in [0, 0.1) is 0 Å². The molecule has 0 unspecified atom stereocenters. The summed E-state index contributed by atoms with van der Waals surface area (Å²) < 4.78 is 32.6. The summed E-state index contributed by atoms with van der Waals surface area (Å²) in [4.78, 5) is 13.6. The fraction of sp³-hybridized carbons (Fsp3) is 0.316. The molecule has 0 radical (unpaired) electrons. The third kappa shape index (κ3) is 5.98. The van der Waals surface area contributed by atoms with E-state index in [1.165, 1.54) is 37.1 Å². The lowest BCUT2D eigenvalue weighted by molar-refractivity contribution is -0.115. The number of hydrogen-bond acceptors (Lipinski definition) is 5. The Hall–Kier alpha value is -2.03. The van der Waals surface area contributed by atoms with Gasteiger partial charge in [-0.05, 0) is 51.1 Å². The van der Waals surface area contributed by atoms with Crippen molar-refractivity contribution in [2.24, 2.45) is 0 Å². The first-order chi connectivity index (χ1) is 12.7. The Bertz CT molecular complexity index is 884. The summed E-state index contributed by atoms with van der Waals surface area (Å²) in [5, 5.41) is 2.40. The van der Waals surface area contributed by atoms with Crippen LogP contribution in [0.5, 0.6) is 5.75 Å². The Kier molecular flexibility index (Phi) is 7.29. The predicted octanol–water partition coefficient (Wildman–Crippen LogP) is 3.50. The lowest BCUT2D eigenvalue weighted by Gasteiger charge is -2.16. The molecule has 8 heteroatoms. The van der Waals surface area contributed by atoms with E-state index >= 15 is 0 Å². The number of carbonyl (C=O) groups is 1. The van der Waals surface area contributed by atoms with E-state index in [4.69, 9.17) is 4.74 Å². The Balaban J connectivity index is 2.21. The summed E-state index contributed by atoms with van der Waals surface area (Å²) >= 11 is 1.42. The van der Waals surface area contributed by atoms with Crippen molar-refractivity contribution in [2.45, 2.75) is 41.9 Å². The minimum absolute atomic E-state index is 0.0654. The molecule has 2 aromatic rings.